The van der Waals surface area contributed by atoms with Crippen LogP contribution in [0.25, 0.3) is 0 Å². The third-order valence-corrected chi connectivity index (χ3v) is 4.01. The van der Waals surface area contributed by atoms with Gasteiger partial charge in [-0.1, -0.05) is 30.7 Å². The average Bonchev–Trinajstić information content (AvgIpc) is 2.54. The minimum absolute atomic E-state index is 0.107. The summed E-state index contributed by atoms with van der Waals surface area (Å²) in [6, 6.07) is 11.8. The summed E-state index contributed by atoms with van der Waals surface area (Å²) in [5, 5.41) is 3.00. The SMILES string of the molecule is CC[C@@H](Oc1ccc(F)cc1)C(=O)N[C@H](C)c1ccc(C)cc1C. The molecule has 0 saturated heterocycles. The Morgan fingerprint density at radius 3 is 2.42 bits per heavy atom. The summed E-state index contributed by atoms with van der Waals surface area (Å²) in [5.74, 6) is -0.0183. The first-order valence-electron chi connectivity index (χ1n) is 8.20. The van der Waals surface area contributed by atoms with Crippen LogP contribution in [0.15, 0.2) is 42.5 Å². The maximum atomic E-state index is 13.0. The zero-order valence-electron chi connectivity index (χ0n) is 14.6. The van der Waals surface area contributed by atoms with E-state index in [2.05, 4.69) is 11.4 Å². The van der Waals surface area contributed by atoms with Gasteiger partial charge in [0.05, 0.1) is 6.04 Å². The standard InChI is InChI=1S/C20H24FNO2/c1-5-19(24-17-9-7-16(21)8-10-17)20(23)22-15(4)18-11-6-13(2)12-14(18)3/h6-12,15,19H,5H2,1-4H3,(H,22,23)/t15-,19-/m1/s1. The molecule has 0 fully saturated rings. The van der Waals surface area contributed by atoms with Crippen molar-refractivity contribution in [3.63, 3.8) is 0 Å². The maximum absolute atomic E-state index is 13.0. The van der Waals surface area contributed by atoms with Gasteiger partial charge in [-0.15, -0.1) is 0 Å². The second-order valence-electron chi connectivity index (χ2n) is 6.06. The molecule has 0 aromatic heterocycles. The molecule has 0 spiro atoms. The third kappa shape index (κ3) is 4.57. The molecule has 3 nitrogen and oxygen atoms in total. The number of benzene rings is 2. The Labute approximate surface area is 142 Å². The fraction of sp³-hybridized carbons (Fsp3) is 0.350. The van der Waals surface area contributed by atoms with Gasteiger partial charge in [0.1, 0.15) is 11.6 Å². The molecular weight excluding hydrogens is 305 g/mol. The first-order valence-corrected chi connectivity index (χ1v) is 8.20. The second-order valence-corrected chi connectivity index (χ2v) is 6.06. The van der Waals surface area contributed by atoms with Gasteiger partial charge in [-0.25, -0.2) is 4.39 Å². The van der Waals surface area contributed by atoms with Crippen LogP contribution < -0.4 is 10.1 Å². The van der Waals surface area contributed by atoms with Crippen molar-refractivity contribution in [1.82, 2.24) is 5.32 Å². The summed E-state index contributed by atoms with van der Waals surface area (Å²) in [6.45, 7) is 7.93. The molecule has 0 unspecified atom stereocenters. The summed E-state index contributed by atoms with van der Waals surface area (Å²) in [4.78, 5) is 12.5. The molecule has 2 aromatic carbocycles. The number of carbonyl (C=O) groups is 1. The van der Waals surface area contributed by atoms with Gasteiger partial charge in [0.25, 0.3) is 5.91 Å². The summed E-state index contributed by atoms with van der Waals surface area (Å²) >= 11 is 0. The lowest BCUT2D eigenvalue weighted by Gasteiger charge is -2.22. The molecule has 2 atom stereocenters. The van der Waals surface area contributed by atoms with Gasteiger partial charge in [-0.2, -0.15) is 0 Å². The topological polar surface area (TPSA) is 38.3 Å². The number of amides is 1. The molecule has 0 bridgehead atoms. The van der Waals surface area contributed by atoms with Crippen molar-refractivity contribution in [2.24, 2.45) is 0 Å². The molecule has 2 aromatic rings. The predicted molar refractivity (Wildman–Crippen MR) is 93.6 cm³/mol. The molecule has 0 aliphatic carbocycles. The van der Waals surface area contributed by atoms with Gasteiger partial charge >= 0.3 is 0 Å². The zero-order chi connectivity index (χ0) is 17.7. The van der Waals surface area contributed by atoms with Crippen LogP contribution in [-0.4, -0.2) is 12.0 Å². The third-order valence-electron chi connectivity index (χ3n) is 4.01. The van der Waals surface area contributed by atoms with Crippen LogP contribution in [0.3, 0.4) is 0 Å². The largest absolute Gasteiger partial charge is 0.481 e. The van der Waals surface area contributed by atoms with Crippen LogP contribution in [0.1, 0.15) is 43.0 Å². The van der Waals surface area contributed by atoms with Crippen molar-refractivity contribution in [2.45, 2.75) is 46.3 Å². The van der Waals surface area contributed by atoms with Crippen LogP contribution >= 0.6 is 0 Å². The van der Waals surface area contributed by atoms with Gasteiger partial charge in [-0.05, 0) is 62.6 Å². The zero-order valence-corrected chi connectivity index (χ0v) is 14.6. The van der Waals surface area contributed by atoms with E-state index in [0.29, 0.717) is 12.2 Å². The molecule has 24 heavy (non-hydrogen) atoms. The molecule has 4 heteroatoms. The lowest BCUT2D eigenvalue weighted by molar-refractivity contribution is -0.128. The molecule has 0 aliphatic heterocycles. The number of hydrogen-bond acceptors (Lipinski definition) is 2. The summed E-state index contributed by atoms with van der Waals surface area (Å²) in [7, 11) is 0. The number of rotatable bonds is 6. The molecule has 2 rings (SSSR count). The van der Waals surface area contributed by atoms with Crippen LogP contribution in [0, 0.1) is 19.7 Å². The van der Waals surface area contributed by atoms with Gasteiger partial charge < -0.3 is 10.1 Å². The molecular formula is C20H24FNO2. The fourth-order valence-corrected chi connectivity index (χ4v) is 2.70. The van der Waals surface area contributed by atoms with Crippen molar-refractivity contribution in [3.05, 3.63) is 65.0 Å². The van der Waals surface area contributed by atoms with Gasteiger partial charge in [0.2, 0.25) is 0 Å². The Hall–Kier alpha value is -2.36. The van der Waals surface area contributed by atoms with E-state index in [1.54, 1.807) is 0 Å². The highest BCUT2D eigenvalue weighted by molar-refractivity contribution is 5.81. The van der Waals surface area contributed by atoms with E-state index in [-0.39, 0.29) is 17.8 Å². The van der Waals surface area contributed by atoms with Crippen molar-refractivity contribution >= 4 is 5.91 Å². The number of aryl methyl sites for hydroxylation is 2. The normalized spacial score (nSPS) is 13.2. The summed E-state index contributed by atoms with van der Waals surface area (Å²) in [6.07, 6.45) is -0.0772. The highest BCUT2D eigenvalue weighted by atomic mass is 19.1. The van der Waals surface area contributed by atoms with E-state index in [1.165, 1.54) is 29.8 Å². The Kier molecular flexibility index (Phi) is 5.96. The van der Waals surface area contributed by atoms with Crippen molar-refractivity contribution in [2.75, 3.05) is 0 Å². The van der Waals surface area contributed by atoms with Crippen LogP contribution in [0.5, 0.6) is 5.75 Å². The lowest BCUT2D eigenvalue weighted by atomic mass is 10.00. The molecule has 0 aliphatic rings. The quantitative estimate of drug-likeness (QED) is 0.849. The number of nitrogens with one attached hydrogen (secondary N) is 1. The monoisotopic (exact) mass is 329 g/mol. The smallest absolute Gasteiger partial charge is 0.261 e. The Balaban J connectivity index is 2.04. The Bertz CT molecular complexity index is 697. The molecule has 0 radical (unpaired) electrons. The highest BCUT2D eigenvalue weighted by Gasteiger charge is 2.21. The molecule has 1 amide bonds. The lowest BCUT2D eigenvalue weighted by Crippen LogP contribution is -2.39. The van der Waals surface area contributed by atoms with Crippen molar-refractivity contribution < 1.29 is 13.9 Å². The minimum Gasteiger partial charge on any atom is -0.481 e. The van der Waals surface area contributed by atoms with Crippen molar-refractivity contribution in [3.8, 4) is 5.75 Å². The van der Waals surface area contributed by atoms with E-state index >= 15 is 0 Å². The van der Waals surface area contributed by atoms with Crippen molar-refractivity contribution in [1.29, 1.82) is 0 Å². The number of hydrogen-bond donors (Lipinski definition) is 1. The molecule has 128 valence electrons. The highest BCUT2D eigenvalue weighted by Crippen LogP contribution is 2.20. The van der Waals surface area contributed by atoms with E-state index < -0.39 is 6.10 Å². The Morgan fingerprint density at radius 2 is 1.83 bits per heavy atom. The second kappa shape index (κ2) is 7.95. The summed E-state index contributed by atoms with van der Waals surface area (Å²) in [5.41, 5.74) is 3.43. The molecule has 0 heterocycles. The van der Waals surface area contributed by atoms with E-state index in [9.17, 15) is 9.18 Å². The van der Waals surface area contributed by atoms with Gasteiger partial charge in [0.15, 0.2) is 6.10 Å². The Morgan fingerprint density at radius 1 is 1.17 bits per heavy atom. The van der Waals surface area contributed by atoms with Crippen LogP contribution in [0.4, 0.5) is 4.39 Å². The maximum Gasteiger partial charge on any atom is 0.261 e. The number of halogens is 1. The fourth-order valence-electron chi connectivity index (χ4n) is 2.70. The van der Waals surface area contributed by atoms with Crippen LogP contribution in [0.2, 0.25) is 0 Å². The summed E-state index contributed by atoms with van der Waals surface area (Å²) < 4.78 is 18.6. The van der Waals surface area contributed by atoms with Gasteiger partial charge in [-0.3, -0.25) is 4.79 Å². The molecule has 1 N–H and O–H groups in total. The molecule has 0 saturated carbocycles. The predicted octanol–water partition coefficient (Wildman–Crippen LogP) is 4.48. The van der Waals surface area contributed by atoms with Crippen LogP contribution in [-0.2, 0) is 4.79 Å². The van der Waals surface area contributed by atoms with E-state index in [1.807, 2.05) is 39.8 Å². The minimum atomic E-state index is -0.608. The van der Waals surface area contributed by atoms with E-state index in [0.717, 1.165) is 11.1 Å². The van der Waals surface area contributed by atoms with E-state index in [4.69, 9.17) is 4.74 Å². The number of ether oxygens (including phenoxy) is 1. The average molecular weight is 329 g/mol. The van der Waals surface area contributed by atoms with Gasteiger partial charge in [0, 0.05) is 0 Å². The first-order chi connectivity index (χ1) is 11.4. The number of carbonyl (C=O) groups excluding carboxylic acids is 1. The first kappa shape index (κ1) is 18.0.